The van der Waals surface area contributed by atoms with Gasteiger partial charge in [-0.05, 0) is 24.0 Å². The lowest BCUT2D eigenvalue weighted by Gasteiger charge is -2.10. The number of nitrogens with zero attached hydrogens (tertiary/aromatic N) is 1. The summed E-state index contributed by atoms with van der Waals surface area (Å²) < 4.78 is 0. The van der Waals surface area contributed by atoms with Crippen LogP contribution in [0, 0.1) is 5.92 Å². The Labute approximate surface area is 89.5 Å². The Morgan fingerprint density at radius 1 is 1.43 bits per heavy atom. The standard InChI is InChI=1S/C11H15ClN2/c12-10-6-9(11(13)14-7-10)5-8-3-1-2-4-8/h6-8H,1-5H2,(H2,13,14). The van der Waals surface area contributed by atoms with E-state index in [1.54, 1.807) is 6.20 Å². The monoisotopic (exact) mass is 210 g/mol. The van der Waals surface area contributed by atoms with Crippen molar-refractivity contribution in [1.82, 2.24) is 4.98 Å². The minimum atomic E-state index is 0.640. The lowest BCUT2D eigenvalue weighted by molar-refractivity contribution is 0.546. The quantitative estimate of drug-likeness (QED) is 0.815. The smallest absolute Gasteiger partial charge is 0.126 e. The fraction of sp³-hybridized carbons (Fsp3) is 0.545. The first-order valence-electron chi connectivity index (χ1n) is 5.15. The molecular formula is C11H15ClN2. The maximum Gasteiger partial charge on any atom is 0.126 e. The van der Waals surface area contributed by atoms with Crippen LogP contribution in [0.5, 0.6) is 0 Å². The molecule has 1 fully saturated rings. The second kappa shape index (κ2) is 4.18. The average Bonchev–Trinajstić information content (AvgIpc) is 2.64. The number of pyridine rings is 1. The molecule has 0 saturated heterocycles. The minimum Gasteiger partial charge on any atom is -0.383 e. The zero-order valence-electron chi connectivity index (χ0n) is 8.17. The molecule has 1 heterocycles. The number of aromatic nitrogens is 1. The van der Waals surface area contributed by atoms with E-state index in [-0.39, 0.29) is 0 Å². The molecule has 0 bridgehead atoms. The van der Waals surface area contributed by atoms with Crippen molar-refractivity contribution in [2.45, 2.75) is 32.1 Å². The summed E-state index contributed by atoms with van der Waals surface area (Å²) in [7, 11) is 0. The molecular weight excluding hydrogens is 196 g/mol. The van der Waals surface area contributed by atoms with Gasteiger partial charge in [-0.2, -0.15) is 0 Å². The Kier molecular flexibility index (Phi) is 2.92. The fourth-order valence-corrected chi connectivity index (χ4v) is 2.36. The van der Waals surface area contributed by atoms with Gasteiger partial charge in [0.05, 0.1) is 5.02 Å². The molecule has 1 saturated carbocycles. The van der Waals surface area contributed by atoms with E-state index in [0.717, 1.165) is 17.9 Å². The van der Waals surface area contributed by atoms with E-state index in [4.69, 9.17) is 17.3 Å². The van der Waals surface area contributed by atoms with Gasteiger partial charge < -0.3 is 5.73 Å². The number of anilines is 1. The molecule has 0 unspecified atom stereocenters. The number of hydrogen-bond acceptors (Lipinski definition) is 2. The molecule has 0 aliphatic heterocycles. The van der Waals surface area contributed by atoms with Crippen LogP contribution in [0.2, 0.25) is 5.02 Å². The molecule has 0 radical (unpaired) electrons. The zero-order chi connectivity index (χ0) is 9.97. The van der Waals surface area contributed by atoms with Crippen LogP contribution < -0.4 is 5.73 Å². The van der Waals surface area contributed by atoms with E-state index in [9.17, 15) is 0 Å². The van der Waals surface area contributed by atoms with Gasteiger partial charge in [0.25, 0.3) is 0 Å². The van der Waals surface area contributed by atoms with E-state index in [0.29, 0.717) is 10.8 Å². The summed E-state index contributed by atoms with van der Waals surface area (Å²) in [5.74, 6) is 1.43. The summed E-state index contributed by atoms with van der Waals surface area (Å²) in [5.41, 5.74) is 6.91. The Morgan fingerprint density at radius 2 is 2.14 bits per heavy atom. The van der Waals surface area contributed by atoms with E-state index < -0.39 is 0 Å². The number of hydrogen-bond donors (Lipinski definition) is 1. The van der Waals surface area contributed by atoms with Crippen LogP contribution >= 0.6 is 11.6 Å². The fourth-order valence-electron chi connectivity index (χ4n) is 2.18. The predicted molar refractivity (Wildman–Crippen MR) is 59.3 cm³/mol. The topological polar surface area (TPSA) is 38.9 Å². The summed E-state index contributed by atoms with van der Waals surface area (Å²) in [6, 6.07) is 1.95. The lowest BCUT2D eigenvalue weighted by Crippen LogP contribution is -2.03. The molecule has 0 atom stereocenters. The highest BCUT2D eigenvalue weighted by molar-refractivity contribution is 6.30. The average molecular weight is 211 g/mol. The van der Waals surface area contributed by atoms with Crippen LogP contribution in [-0.4, -0.2) is 4.98 Å². The van der Waals surface area contributed by atoms with E-state index in [1.165, 1.54) is 25.7 Å². The lowest BCUT2D eigenvalue weighted by atomic mass is 9.98. The Bertz CT molecular complexity index is 319. The van der Waals surface area contributed by atoms with Gasteiger partial charge in [-0.3, -0.25) is 0 Å². The maximum atomic E-state index is 5.88. The molecule has 1 aliphatic carbocycles. The van der Waals surface area contributed by atoms with E-state index in [1.807, 2.05) is 6.07 Å². The van der Waals surface area contributed by atoms with Gasteiger partial charge in [-0.25, -0.2) is 4.98 Å². The van der Waals surface area contributed by atoms with Gasteiger partial charge in [-0.1, -0.05) is 37.3 Å². The molecule has 1 aromatic heterocycles. The van der Waals surface area contributed by atoms with Crippen LogP contribution in [0.25, 0.3) is 0 Å². The van der Waals surface area contributed by atoms with Crippen molar-refractivity contribution in [3.8, 4) is 0 Å². The first-order chi connectivity index (χ1) is 6.75. The van der Waals surface area contributed by atoms with E-state index >= 15 is 0 Å². The number of nitrogen functional groups attached to an aromatic ring is 1. The third kappa shape index (κ3) is 2.18. The first-order valence-corrected chi connectivity index (χ1v) is 5.53. The van der Waals surface area contributed by atoms with Gasteiger partial charge in [0, 0.05) is 6.20 Å². The zero-order valence-corrected chi connectivity index (χ0v) is 8.93. The summed E-state index contributed by atoms with van der Waals surface area (Å²) in [6.45, 7) is 0. The van der Waals surface area contributed by atoms with Crippen LogP contribution in [-0.2, 0) is 6.42 Å². The van der Waals surface area contributed by atoms with Gasteiger partial charge in [0.2, 0.25) is 0 Å². The molecule has 3 heteroatoms. The van der Waals surface area contributed by atoms with Crippen molar-refractivity contribution >= 4 is 17.4 Å². The van der Waals surface area contributed by atoms with Crippen molar-refractivity contribution in [3.63, 3.8) is 0 Å². The van der Waals surface area contributed by atoms with Gasteiger partial charge >= 0.3 is 0 Å². The number of rotatable bonds is 2. The molecule has 0 amide bonds. The molecule has 1 aromatic rings. The molecule has 2 rings (SSSR count). The van der Waals surface area contributed by atoms with E-state index in [2.05, 4.69) is 4.98 Å². The van der Waals surface area contributed by atoms with Crippen LogP contribution in [0.15, 0.2) is 12.3 Å². The van der Waals surface area contributed by atoms with Crippen LogP contribution in [0.4, 0.5) is 5.82 Å². The molecule has 76 valence electrons. The minimum absolute atomic E-state index is 0.640. The molecule has 2 N–H and O–H groups in total. The number of nitrogens with two attached hydrogens (primary N) is 1. The normalized spacial score (nSPS) is 17.5. The van der Waals surface area contributed by atoms with Crippen LogP contribution in [0.3, 0.4) is 0 Å². The van der Waals surface area contributed by atoms with Crippen molar-refractivity contribution in [2.75, 3.05) is 5.73 Å². The summed E-state index contributed by atoms with van der Waals surface area (Å²) in [6.07, 6.45) is 8.02. The van der Waals surface area contributed by atoms with Gasteiger partial charge in [0.15, 0.2) is 0 Å². The molecule has 1 aliphatic rings. The third-order valence-electron chi connectivity index (χ3n) is 2.95. The number of halogens is 1. The Hall–Kier alpha value is -0.760. The molecule has 2 nitrogen and oxygen atoms in total. The summed E-state index contributed by atoms with van der Waals surface area (Å²) in [5, 5.41) is 0.687. The maximum absolute atomic E-state index is 5.88. The third-order valence-corrected chi connectivity index (χ3v) is 3.16. The SMILES string of the molecule is Nc1ncc(Cl)cc1CC1CCCC1. The highest BCUT2D eigenvalue weighted by Crippen LogP contribution is 2.29. The van der Waals surface area contributed by atoms with Crippen molar-refractivity contribution < 1.29 is 0 Å². The van der Waals surface area contributed by atoms with Crippen molar-refractivity contribution in [2.24, 2.45) is 5.92 Å². The predicted octanol–water partition coefficient (Wildman–Crippen LogP) is 3.05. The Morgan fingerprint density at radius 3 is 2.86 bits per heavy atom. The molecule has 0 spiro atoms. The van der Waals surface area contributed by atoms with Gasteiger partial charge in [-0.15, -0.1) is 0 Å². The first kappa shape index (κ1) is 9.78. The second-order valence-electron chi connectivity index (χ2n) is 4.05. The molecule has 14 heavy (non-hydrogen) atoms. The largest absolute Gasteiger partial charge is 0.383 e. The van der Waals surface area contributed by atoms with Gasteiger partial charge in [0.1, 0.15) is 5.82 Å². The van der Waals surface area contributed by atoms with Crippen LogP contribution in [0.1, 0.15) is 31.2 Å². The summed E-state index contributed by atoms with van der Waals surface area (Å²) >= 11 is 5.88. The van der Waals surface area contributed by atoms with Crippen molar-refractivity contribution in [1.29, 1.82) is 0 Å². The second-order valence-corrected chi connectivity index (χ2v) is 4.49. The van der Waals surface area contributed by atoms with Crippen molar-refractivity contribution in [3.05, 3.63) is 22.8 Å². The Balaban J connectivity index is 2.10. The highest BCUT2D eigenvalue weighted by Gasteiger charge is 2.16. The molecule has 0 aromatic carbocycles. The highest BCUT2D eigenvalue weighted by atomic mass is 35.5. The summed E-state index contributed by atoms with van der Waals surface area (Å²) in [4.78, 5) is 4.07.